The van der Waals surface area contributed by atoms with E-state index in [0.717, 1.165) is 16.1 Å². The quantitative estimate of drug-likeness (QED) is 0.721. The van der Waals surface area contributed by atoms with Crippen LogP contribution in [0.15, 0.2) is 39.3 Å². The summed E-state index contributed by atoms with van der Waals surface area (Å²) in [6.07, 6.45) is 0. The lowest BCUT2D eigenvalue weighted by Crippen LogP contribution is -2.05. The predicted molar refractivity (Wildman–Crippen MR) is 81.0 cm³/mol. The Balaban J connectivity index is 2.29. The molecule has 0 aromatic heterocycles. The van der Waals surface area contributed by atoms with E-state index in [9.17, 15) is 8.78 Å². The van der Waals surface area contributed by atoms with Gasteiger partial charge in [0.15, 0.2) is 11.6 Å². The SMILES string of the molecule is CNCc1ccc(Oc2cc(Br)cc(F)c2F)cc1Br. The first kappa shape index (κ1) is 15.4. The van der Waals surface area contributed by atoms with Gasteiger partial charge in [-0.05, 0) is 36.9 Å². The molecule has 0 aliphatic carbocycles. The molecular formula is C14H11Br2F2NO. The van der Waals surface area contributed by atoms with Crippen LogP contribution in [0.5, 0.6) is 11.5 Å². The first-order valence-electron chi connectivity index (χ1n) is 5.76. The molecule has 2 rings (SSSR count). The molecule has 0 bridgehead atoms. The van der Waals surface area contributed by atoms with E-state index in [1.165, 1.54) is 6.07 Å². The van der Waals surface area contributed by atoms with Crippen molar-refractivity contribution in [2.24, 2.45) is 0 Å². The Bertz CT molecular complexity index is 635. The van der Waals surface area contributed by atoms with Gasteiger partial charge in [-0.1, -0.05) is 37.9 Å². The summed E-state index contributed by atoms with van der Waals surface area (Å²) < 4.78 is 33.5. The van der Waals surface area contributed by atoms with E-state index in [1.807, 2.05) is 13.1 Å². The molecule has 0 saturated heterocycles. The molecule has 1 N–H and O–H groups in total. The van der Waals surface area contributed by atoms with Crippen molar-refractivity contribution in [1.29, 1.82) is 0 Å². The van der Waals surface area contributed by atoms with Crippen LogP contribution in [0.3, 0.4) is 0 Å². The average molecular weight is 407 g/mol. The minimum atomic E-state index is -1.01. The molecule has 0 amide bonds. The first-order valence-corrected chi connectivity index (χ1v) is 7.35. The van der Waals surface area contributed by atoms with E-state index in [0.29, 0.717) is 16.8 Å². The Morgan fingerprint density at radius 2 is 1.90 bits per heavy atom. The summed E-state index contributed by atoms with van der Waals surface area (Å²) in [5.74, 6) is -1.71. The summed E-state index contributed by atoms with van der Waals surface area (Å²) in [5, 5.41) is 3.03. The van der Waals surface area contributed by atoms with Gasteiger partial charge in [0.05, 0.1) is 0 Å². The van der Waals surface area contributed by atoms with Crippen LogP contribution in [0, 0.1) is 11.6 Å². The van der Waals surface area contributed by atoms with Crippen molar-refractivity contribution >= 4 is 31.9 Å². The van der Waals surface area contributed by atoms with Crippen LogP contribution in [0.25, 0.3) is 0 Å². The third kappa shape index (κ3) is 3.56. The highest BCUT2D eigenvalue weighted by Crippen LogP contribution is 2.31. The van der Waals surface area contributed by atoms with Crippen molar-refractivity contribution < 1.29 is 13.5 Å². The Morgan fingerprint density at radius 3 is 2.55 bits per heavy atom. The minimum absolute atomic E-state index is 0.162. The van der Waals surface area contributed by atoms with Crippen LogP contribution in [-0.4, -0.2) is 7.05 Å². The monoisotopic (exact) mass is 405 g/mol. The largest absolute Gasteiger partial charge is 0.454 e. The lowest BCUT2D eigenvalue weighted by atomic mass is 10.2. The third-order valence-corrected chi connectivity index (χ3v) is 3.78. The highest BCUT2D eigenvalue weighted by molar-refractivity contribution is 9.10. The van der Waals surface area contributed by atoms with E-state index >= 15 is 0 Å². The second-order valence-corrected chi connectivity index (χ2v) is 5.86. The summed E-state index contributed by atoms with van der Waals surface area (Å²) in [6, 6.07) is 7.70. The fraction of sp³-hybridized carbons (Fsp3) is 0.143. The van der Waals surface area contributed by atoms with Gasteiger partial charge in [-0.15, -0.1) is 0 Å². The molecule has 0 saturated carbocycles. The maximum Gasteiger partial charge on any atom is 0.201 e. The molecule has 0 spiro atoms. The summed E-state index contributed by atoms with van der Waals surface area (Å²) in [7, 11) is 1.84. The second kappa shape index (κ2) is 6.65. The van der Waals surface area contributed by atoms with Crippen LogP contribution >= 0.6 is 31.9 Å². The van der Waals surface area contributed by atoms with Gasteiger partial charge in [0.25, 0.3) is 0 Å². The van der Waals surface area contributed by atoms with Crippen molar-refractivity contribution in [2.45, 2.75) is 6.54 Å². The van der Waals surface area contributed by atoms with Crippen molar-refractivity contribution in [2.75, 3.05) is 7.05 Å². The van der Waals surface area contributed by atoms with Crippen molar-refractivity contribution in [1.82, 2.24) is 5.32 Å². The van der Waals surface area contributed by atoms with E-state index in [-0.39, 0.29) is 5.75 Å². The van der Waals surface area contributed by atoms with Crippen LogP contribution in [-0.2, 0) is 6.54 Å². The fourth-order valence-corrected chi connectivity index (χ4v) is 2.57. The molecule has 0 fully saturated rings. The van der Waals surface area contributed by atoms with Gasteiger partial charge < -0.3 is 10.1 Å². The maximum absolute atomic E-state index is 13.6. The highest BCUT2D eigenvalue weighted by atomic mass is 79.9. The number of nitrogens with one attached hydrogen (secondary N) is 1. The van der Waals surface area contributed by atoms with Crippen LogP contribution in [0.4, 0.5) is 8.78 Å². The van der Waals surface area contributed by atoms with Gasteiger partial charge in [-0.25, -0.2) is 4.39 Å². The van der Waals surface area contributed by atoms with Crippen LogP contribution < -0.4 is 10.1 Å². The zero-order valence-electron chi connectivity index (χ0n) is 10.5. The van der Waals surface area contributed by atoms with Crippen molar-refractivity contribution in [3.63, 3.8) is 0 Å². The zero-order chi connectivity index (χ0) is 14.7. The topological polar surface area (TPSA) is 21.3 Å². The smallest absolute Gasteiger partial charge is 0.201 e. The molecule has 6 heteroatoms. The Morgan fingerprint density at radius 1 is 1.15 bits per heavy atom. The number of hydrogen-bond donors (Lipinski definition) is 1. The predicted octanol–water partition coefficient (Wildman–Crippen LogP) is 5.00. The molecule has 0 unspecified atom stereocenters. The normalized spacial score (nSPS) is 10.7. The molecule has 0 radical (unpaired) electrons. The van der Waals surface area contributed by atoms with Crippen molar-refractivity contribution in [3.05, 3.63) is 56.5 Å². The zero-order valence-corrected chi connectivity index (χ0v) is 13.7. The summed E-state index contributed by atoms with van der Waals surface area (Å²) in [6.45, 7) is 0.695. The number of halogens is 4. The molecule has 0 atom stereocenters. The van der Waals surface area contributed by atoms with Gasteiger partial charge in [-0.3, -0.25) is 0 Å². The molecule has 0 aliphatic rings. The van der Waals surface area contributed by atoms with Gasteiger partial charge in [0.1, 0.15) is 5.75 Å². The molecule has 0 aliphatic heterocycles. The van der Waals surface area contributed by atoms with E-state index in [1.54, 1.807) is 12.1 Å². The Kier molecular flexibility index (Phi) is 5.12. The van der Waals surface area contributed by atoms with E-state index in [2.05, 4.69) is 37.2 Å². The summed E-state index contributed by atoms with van der Waals surface area (Å²) in [4.78, 5) is 0. The van der Waals surface area contributed by atoms with Gasteiger partial charge in [0, 0.05) is 15.5 Å². The molecule has 2 aromatic carbocycles. The molecule has 2 nitrogen and oxygen atoms in total. The van der Waals surface area contributed by atoms with E-state index in [4.69, 9.17) is 4.74 Å². The van der Waals surface area contributed by atoms with Gasteiger partial charge in [0.2, 0.25) is 5.82 Å². The highest BCUT2D eigenvalue weighted by Gasteiger charge is 2.12. The number of hydrogen-bond acceptors (Lipinski definition) is 2. The second-order valence-electron chi connectivity index (χ2n) is 4.09. The number of benzene rings is 2. The van der Waals surface area contributed by atoms with Crippen LogP contribution in [0.1, 0.15) is 5.56 Å². The molecule has 106 valence electrons. The van der Waals surface area contributed by atoms with Gasteiger partial charge in [-0.2, -0.15) is 4.39 Å². The first-order chi connectivity index (χ1) is 9.51. The number of rotatable bonds is 4. The fourth-order valence-electron chi connectivity index (χ4n) is 1.66. The standard InChI is InChI=1S/C14H11Br2F2NO/c1-19-7-8-2-3-10(6-11(8)16)20-13-5-9(15)4-12(17)14(13)18/h2-6,19H,7H2,1H3. The summed E-state index contributed by atoms with van der Waals surface area (Å²) in [5.41, 5.74) is 1.04. The Labute approximate surface area is 132 Å². The van der Waals surface area contributed by atoms with Gasteiger partial charge >= 0.3 is 0 Å². The lowest BCUT2D eigenvalue weighted by molar-refractivity contribution is 0.415. The Hall–Kier alpha value is -0.980. The number of ether oxygens (including phenoxy) is 1. The minimum Gasteiger partial charge on any atom is -0.454 e. The molecule has 2 aromatic rings. The maximum atomic E-state index is 13.6. The summed E-state index contributed by atoms with van der Waals surface area (Å²) >= 11 is 6.51. The van der Waals surface area contributed by atoms with E-state index < -0.39 is 11.6 Å². The average Bonchev–Trinajstić information content (AvgIpc) is 2.39. The molecule has 0 heterocycles. The molecular weight excluding hydrogens is 396 g/mol. The lowest BCUT2D eigenvalue weighted by Gasteiger charge is -2.10. The van der Waals surface area contributed by atoms with Crippen molar-refractivity contribution in [3.8, 4) is 11.5 Å². The third-order valence-electron chi connectivity index (χ3n) is 2.58. The molecule has 20 heavy (non-hydrogen) atoms. The van der Waals surface area contributed by atoms with Crippen LogP contribution in [0.2, 0.25) is 0 Å².